The second kappa shape index (κ2) is 10.6. The normalized spacial score (nSPS) is 10.9. The minimum atomic E-state index is -0.235. The highest BCUT2D eigenvalue weighted by molar-refractivity contribution is 7.98. The average Bonchev–Trinajstić information content (AvgIpc) is 3.67. The molecule has 0 unspecified atom stereocenters. The number of amides is 1. The van der Waals surface area contributed by atoms with E-state index in [0.29, 0.717) is 23.8 Å². The number of thioether (sulfide) groups is 1. The summed E-state index contributed by atoms with van der Waals surface area (Å²) in [5, 5.41) is 15.1. The van der Waals surface area contributed by atoms with Gasteiger partial charge in [0.1, 0.15) is 22.2 Å². The van der Waals surface area contributed by atoms with Crippen LogP contribution in [-0.2, 0) is 12.3 Å². The number of carbonyl (C=O) groups excluding carboxylic acids is 1. The number of hydrogen-bond donors (Lipinski definition) is 1. The zero-order valence-corrected chi connectivity index (χ0v) is 20.4. The Morgan fingerprint density at radius 3 is 2.80 bits per heavy atom. The van der Waals surface area contributed by atoms with Crippen LogP contribution in [0.15, 0.2) is 87.9 Å². The predicted octanol–water partition coefficient (Wildman–Crippen LogP) is 5.21. The van der Waals surface area contributed by atoms with Crippen molar-refractivity contribution < 1.29 is 13.9 Å². The van der Waals surface area contributed by atoms with Gasteiger partial charge < -0.3 is 14.5 Å². The van der Waals surface area contributed by atoms with E-state index in [1.165, 1.54) is 23.1 Å². The van der Waals surface area contributed by atoms with Crippen LogP contribution in [0.1, 0.15) is 21.3 Å². The summed E-state index contributed by atoms with van der Waals surface area (Å²) in [5.74, 6) is 2.48. The first-order valence-electron chi connectivity index (χ1n) is 10.7. The second-order valence-electron chi connectivity index (χ2n) is 7.39. The van der Waals surface area contributed by atoms with Gasteiger partial charge in [-0.3, -0.25) is 9.36 Å². The lowest BCUT2D eigenvalue weighted by atomic mass is 10.2. The molecule has 0 fully saturated rings. The number of para-hydroxylation sites is 1. The molecule has 0 aliphatic rings. The summed E-state index contributed by atoms with van der Waals surface area (Å²) in [6, 6.07) is 21.3. The van der Waals surface area contributed by atoms with Crippen molar-refractivity contribution in [2.45, 2.75) is 17.5 Å². The van der Waals surface area contributed by atoms with E-state index in [9.17, 15) is 4.79 Å². The number of aromatic nitrogens is 4. The van der Waals surface area contributed by atoms with Crippen molar-refractivity contribution in [2.75, 3.05) is 7.11 Å². The average molecular weight is 504 g/mol. The topological polar surface area (TPSA) is 95.1 Å². The number of hydrogen-bond acceptors (Lipinski definition) is 8. The van der Waals surface area contributed by atoms with Crippen molar-refractivity contribution in [3.63, 3.8) is 0 Å². The molecule has 0 bridgehead atoms. The molecule has 0 aliphatic heterocycles. The highest BCUT2D eigenvalue weighted by Crippen LogP contribution is 2.31. The van der Waals surface area contributed by atoms with Crippen LogP contribution < -0.4 is 10.1 Å². The summed E-state index contributed by atoms with van der Waals surface area (Å²) in [5.41, 5.74) is 2.24. The van der Waals surface area contributed by atoms with Gasteiger partial charge in [-0.05, 0) is 36.4 Å². The Kier molecular flexibility index (Phi) is 6.92. The summed E-state index contributed by atoms with van der Waals surface area (Å²) in [6.07, 6.45) is 1.58. The second-order valence-corrected chi connectivity index (χ2v) is 9.27. The summed E-state index contributed by atoms with van der Waals surface area (Å²) >= 11 is 2.96. The highest BCUT2D eigenvalue weighted by atomic mass is 32.2. The molecule has 1 N–H and O–H groups in total. The first-order valence-corrected chi connectivity index (χ1v) is 12.6. The summed E-state index contributed by atoms with van der Waals surface area (Å²) in [7, 11) is 1.64. The zero-order valence-electron chi connectivity index (χ0n) is 18.7. The van der Waals surface area contributed by atoms with E-state index in [4.69, 9.17) is 9.15 Å². The fourth-order valence-corrected chi connectivity index (χ4v) is 5.15. The van der Waals surface area contributed by atoms with Crippen LogP contribution >= 0.6 is 23.1 Å². The van der Waals surface area contributed by atoms with Crippen LogP contribution in [0, 0.1) is 0 Å². The lowest BCUT2D eigenvalue weighted by Crippen LogP contribution is -2.22. The van der Waals surface area contributed by atoms with Crippen molar-refractivity contribution in [1.29, 1.82) is 0 Å². The number of carbonyl (C=O) groups is 1. The van der Waals surface area contributed by atoms with Gasteiger partial charge in [-0.1, -0.05) is 42.1 Å². The lowest BCUT2D eigenvalue weighted by molar-refractivity contribution is 0.0943. The molecule has 1 amide bonds. The minimum Gasteiger partial charge on any atom is -0.497 e. The number of rotatable bonds is 9. The van der Waals surface area contributed by atoms with Gasteiger partial charge in [0.15, 0.2) is 11.0 Å². The van der Waals surface area contributed by atoms with Gasteiger partial charge in [0, 0.05) is 16.6 Å². The molecule has 5 rings (SSSR count). The van der Waals surface area contributed by atoms with Crippen LogP contribution in [0.25, 0.3) is 17.1 Å². The molecule has 0 atom stereocenters. The number of nitrogens with one attached hydrogen (secondary N) is 1. The van der Waals surface area contributed by atoms with E-state index in [-0.39, 0.29) is 5.91 Å². The SMILES string of the molecule is COc1cccc(-c2nnc(SCc3nc(C(=O)NCc4ccco4)cs3)n2-c2ccccc2)c1. The molecule has 2 aromatic carbocycles. The molecule has 8 nitrogen and oxygen atoms in total. The van der Waals surface area contributed by atoms with E-state index in [1.54, 1.807) is 24.8 Å². The maximum atomic E-state index is 12.4. The quantitative estimate of drug-likeness (QED) is 0.276. The van der Waals surface area contributed by atoms with E-state index in [1.807, 2.05) is 65.2 Å². The van der Waals surface area contributed by atoms with Crippen LogP contribution in [0.5, 0.6) is 5.75 Å². The maximum Gasteiger partial charge on any atom is 0.271 e. The van der Waals surface area contributed by atoms with Crippen molar-refractivity contribution in [1.82, 2.24) is 25.1 Å². The third-order valence-corrected chi connectivity index (χ3v) is 7.06. The molecule has 35 heavy (non-hydrogen) atoms. The van der Waals surface area contributed by atoms with Crippen molar-refractivity contribution in [3.8, 4) is 22.8 Å². The summed E-state index contributed by atoms with van der Waals surface area (Å²) in [6.45, 7) is 0.320. The molecule has 0 saturated heterocycles. The number of benzene rings is 2. The van der Waals surface area contributed by atoms with Gasteiger partial charge >= 0.3 is 0 Å². The first-order chi connectivity index (χ1) is 17.2. The third kappa shape index (κ3) is 5.28. The predicted molar refractivity (Wildman–Crippen MR) is 135 cm³/mol. The van der Waals surface area contributed by atoms with Crippen LogP contribution in [0.4, 0.5) is 0 Å². The highest BCUT2D eigenvalue weighted by Gasteiger charge is 2.18. The molecule has 3 aromatic heterocycles. The van der Waals surface area contributed by atoms with Gasteiger partial charge in [-0.15, -0.1) is 21.5 Å². The lowest BCUT2D eigenvalue weighted by Gasteiger charge is -2.10. The third-order valence-electron chi connectivity index (χ3n) is 5.09. The smallest absolute Gasteiger partial charge is 0.271 e. The minimum absolute atomic E-state index is 0.235. The molecule has 0 saturated carbocycles. The van der Waals surface area contributed by atoms with Gasteiger partial charge in [-0.2, -0.15) is 0 Å². The molecule has 176 valence electrons. The number of methoxy groups -OCH3 is 1. The van der Waals surface area contributed by atoms with Crippen molar-refractivity contribution in [3.05, 3.63) is 94.8 Å². The van der Waals surface area contributed by atoms with Crippen LogP contribution in [0.2, 0.25) is 0 Å². The fraction of sp³-hybridized carbons (Fsp3) is 0.120. The van der Waals surface area contributed by atoms with Crippen molar-refractivity contribution in [2.24, 2.45) is 0 Å². The molecule has 10 heteroatoms. The molecule has 5 aromatic rings. The largest absolute Gasteiger partial charge is 0.497 e. The molecular weight excluding hydrogens is 482 g/mol. The monoisotopic (exact) mass is 503 g/mol. The Balaban J connectivity index is 1.34. The maximum absolute atomic E-state index is 12.4. The van der Waals surface area contributed by atoms with E-state index < -0.39 is 0 Å². The van der Waals surface area contributed by atoms with E-state index in [0.717, 1.165) is 33.0 Å². The van der Waals surface area contributed by atoms with Crippen LogP contribution in [0.3, 0.4) is 0 Å². The van der Waals surface area contributed by atoms with Gasteiger partial charge in [0.25, 0.3) is 5.91 Å². The Hall–Kier alpha value is -3.89. The van der Waals surface area contributed by atoms with E-state index in [2.05, 4.69) is 20.5 Å². The Labute approximate surface area is 210 Å². The zero-order chi connectivity index (χ0) is 24.0. The Morgan fingerprint density at radius 1 is 1.11 bits per heavy atom. The number of nitrogens with zero attached hydrogens (tertiary/aromatic N) is 4. The standard InChI is InChI=1S/C25H21N5O3S2/c1-32-19-10-5-7-17(13-19)23-28-29-25(30(23)18-8-3-2-4-9-18)35-16-22-27-21(15-34-22)24(31)26-14-20-11-6-12-33-20/h2-13,15H,14,16H2,1H3,(H,26,31). The molecule has 0 radical (unpaired) electrons. The molecule has 3 heterocycles. The number of thiazole rings is 1. The number of ether oxygens (including phenoxy) is 1. The summed E-state index contributed by atoms with van der Waals surface area (Å²) in [4.78, 5) is 16.9. The molecule has 0 aliphatic carbocycles. The Morgan fingerprint density at radius 2 is 2.00 bits per heavy atom. The Bertz CT molecular complexity index is 1410. The summed E-state index contributed by atoms with van der Waals surface area (Å²) < 4.78 is 12.7. The number of furan rings is 1. The first kappa shape index (κ1) is 22.9. The van der Waals surface area contributed by atoms with Gasteiger partial charge in [0.2, 0.25) is 0 Å². The fourth-order valence-electron chi connectivity index (χ4n) is 3.40. The molecule has 0 spiro atoms. The molecular formula is C25H21N5O3S2. The van der Waals surface area contributed by atoms with Crippen LogP contribution in [-0.4, -0.2) is 32.8 Å². The van der Waals surface area contributed by atoms with Gasteiger partial charge in [-0.25, -0.2) is 4.98 Å². The van der Waals surface area contributed by atoms with Gasteiger partial charge in [0.05, 0.1) is 25.7 Å². The van der Waals surface area contributed by atoms with E-state index >= 15 is 0 Å². The van der Waals surface area contributed by atoms with Crippen molar-refractivity contribution >= 4 is 29.0 Å².